The van der Waals surface area contributed by atoms with Gasteiger partial charge in [-0.25, -0.2) is 9.79 Å². The van der Waals surface area contributed by atoms with Crippen molar-refractivity contribution in [2.24, 2.45) is 4.99 Å². The van der Waals surface area contributed by atoms with E-state index < -0.39 is 12.0 Å². The minimum Gasteiger partial charge on any atom is -0.460 e. The van der Waals surface area contributed by atoms with Crippen LogP contribution < -0.4 is 0 Å². The molecule has 1 amide bonds. The zero-order chi connectivity index (χ0) is 21.3. The Morgan fingerprint density at radius 3 is 2.45 bits per heavy atom. The van der Waals surface area contributed by atoms with Gasteiger partial charge in [-0.15, -0.1) is 0 Å². The van der Waals surface area contributed by atoms with Crippen LogP contribution in [-0.2, 0) is 24.5 Å². The molecule has 7 heteroatoms. The van der Waals surface area contributed by atoms with Crippen molar-refractivity contribution in [3.8, 4) is 0 Å². The third kappa shape index (κ3) is 4.26. The Morgan fingerprint density at radius 1 is 1.21 bits per heavy atom. The first kappa shape index (κ1) is 21.6. The Bertz CT molecular complexity index is 868. The number of hydrogen-bond donors (Lipinski definition) is 0. The Balaban J connectivity index is 2.04. The highest BCUT2D eigenvalue weighted by atomic mass is 32.2. The van der Waals surface area contributed by atoms with Crippen molar-refractivity contribution < 1.29 is 19.1 Å². The zero-order valence-electron chi connectivity index (χ0n) is 17.8. The van der Waals surface area contributed by atoms with Gasteiger partial charge in [-0.05, 0) is 30.4 Å². The molecule has 0 N–H and O–H groups in total. The second-order valence-electron chi connectivity index (χ2n) is 8.27. The minimum absolute atomic E-state index is 0.0131. The number of carbonyl (C=O) groups excluding carboxylic acids is 2. The second kappa shape index (κ2) is 8.32. The fraction of sp³-hybridized carbons (Fsp3) is 0.500. The summed E-state index contributed by atoms with van der Waals surface area (Å²) in [5.41, 5.74) is 3.05. The molecule has 3 rings (SSSR count). The van der Waals surface area contributed by atoms with Gasteiger partial charge < -0.3 is 9.47 Å². The van der Waals surface area contributed by atoms with Gasteiger partial charge in [0.2, 0.25) is 5.91 Å². The van der Waals surface area contributed by atoms with Crippen molar-refractivity contribution in [3.63, 3.8) is 0 Å². The summed E-state index contributed by atoms with van der Waals surface area (Å²) < 4.78 is 10.4. The number of thioether (sulfide) groups is 1. The molecule has 0 spiro atoms. The molecular formula is C22H28N2O4S. The number of aliphatic imine (C=N–C) groups is 1. The van der Waals surface area contributed by atoms with E-state index in [9.17, 15) is 9.59 Å². The quantitative estimate of drug-likeness (QED) is 0.539. The first-order chi connectivity index (χ1) is 13.6. The number of nitrogens with zero attached hydrogens (tertiary/aromatic N) is 2. The molecular weight excluding hydrogens is 388 g/mol. The fourth-order valence-electron chi connectivity index (χ4n) is 3.44. The molecule has 1 aromatic carbocycles. The highest BCUT2D eigenvalue weighted by molar-refractivity contribution is 8.15. The molecule has 2 aliphatic heterocycles. The number of amidine groups is 1. The molecule has 29 heavy (non-hydrogen) atoms. The van der Waals surface area contributed by atoms with Gasteiger partial charge in [-0.1, -0.05) is 56.8 Å². The van der Waals surface area contributed by atoms with Gasteiger partial charge in [0, 0.05) is 7.11 Å². The molecule has 156 valence electrons. The number of allylic oxidation sites excluding steroid dienone is 1. The standard InChI is InChI=1S/C22H28N2O4S/c1-13-17(20(26)28-12-11-27-6)18(24-19(25)14(2)29-21(24)23-13)15-7-9-16(10-8-15)22(3,4)5/h7-10,14,18H,11-12H2,1-6H3/t14-,18-/m0/s1. The molecule has 2 atom stereocenters. The molecule has 2 aliphatic rings. The molecule has 1 aromatic rings. The van der Waals surface area contributed by atoms with Crippen molar-refractivity contribution in [1.29, 1.82) is 0 Å². The number of benzene rings is 1. The zero-order valence-corrected chi connectivity index (χ0v) is 18.6. The Morgan fingerprint density at radius 2 is 1.86 bits per heavy atom. The van der Waals surface area contributed by atoms with E-state index in [1.165, 1.54) is 17.3 Å². The van der Waals surface area contributed by atoms with Crippen LogP contribution in [0.15, 0.2) is 40.5 Å². The van der Waals surface area contributed by atoms with Gasteiger partial charge in [0.15, 0.2) is 5.17 Å². The summed E-state index contributed by atoms with van der Waals surface area (Å²) in [5.74, 6) is -0.516. The number of amides is 1. The summed E-state index contributed by atoms with van der Waals surface area (Å²) >= 11 is 1.42. The fourth-order valence-corrected chi connectivity index (χ4v) is 4.47. The van der Waals surface area contributed by atoms with E-state index in [0.717, 1.165) is 5.56 Å². The molecule has 1 saturated heterocycles. The van der Waals surface area contributed by atoms with Crippen LogP contribution in [0.2, 0.25) is 0 Å². The van der Waals surface area contributed by atoms with Crippen LogP contribution >= 0.6 is 11.8 Å². The summed E-state index contributed by atoms with van der Waals surface area (Å²) in [7, 11) is 1.55. The largest absolute Gasteiger partial charge is 0.460 e. The molecule has 0 saturated carbocycles. The number of fused-ring (bicyclic) bond motifs is 1. The summed E-state index contributed by atoms with van der Waals surface area (Å²) in [4.78, 5) is 32.0. The predicted molar refractivity (Wildman–Crippen MR) is 115 cm³/mol. The summed E-state index contributed by atoms with van der Waals surface area (Å²) in [6.45, 7) is 10.6. The molecule has 0 radical (unpaired) electrons. The number of hydrogen-bond acceptors (Lipinski definition) is 6. The van der Waals surface area contributed by atoms with E-state index in [1.54, 1.807) is 18.9 Å². The molecule has 0 bridgehead atoms. The van der Waals surface area contributed by atoms with Gasteiger partial charge in [-0.3, -0.25) is 9.69 Å². The lowest BCUT2D eigenvalue weighted by Gasteiger charge is -2.33. The molecule has 6 nitrogen and oxygen atoms in total. The summed E-state index contributed by atoms with van der Waals surface area (Å²) in [5, 5.41) is 0.403. The predicted octanol–water partition coefficient (Wildman–Crippen LogP) is 3.82. The molecule has 0 aromatic heterocycles. The lowest BCUT2D eigenvalue weighted by Crippen LogP contribution is -2.40. The van der Waals surface area contributed by atoms with Gasteiger partial charge in [0.25, 0.3) is 0 Å². The summed E-state index contributed by atoms with van der Waals surface area (Å²) in [6, 6.07) is 7.55. The Labute approximate surface area is 176 Å². The van der Waals surface area contributed by atoms with Crippen molar-refractivity contribution >= 4 is 28.8 Å². The monoisotopic (exact) mass is 416 g/mol. The van der Waals surface area contributed by atoms with E-state index >= 15 is 0 Å². The molecule has 1 fully saturated rings. The van der Waals surface area contributed by atoms with Crippen molar-refractivity contribution in [3.05, 3.63) is 46.7 Å². The second-order valence-corrected chi connectivity index (χ2v) is 9.57. The average Bonchev–Trinajstić information content (AvgIpc) is 2.93. The highest BCUT2D eigenvalue weighted by Gasteiger charge is 2.46. The van der Waals surface area contributed by atoms with Gasteiger partial charge >= 0.3 is 5.97 Å². The van der Waals surface area contributed by atoms with Crippen molar-refractivity contribution in [1.82, 2.24) is 4.90 Å². The molecule has 0 unspecified atom stereocenters. The average molecular weight is 417 g/mol. The van der Waals surface area contributed by atoms with Crippen LogP contribution in [0, 0.1) is 0 Å². The van der Waals surface area contributed by atoms with Crippen LogP contribution in [-0.4, -0.2) is 47.5 Å². The van der Waals surface area contributed by atoms with Gasteiger partial charge in [0.05, 0.1) is 29.2 Å². The number of esters is 1. The number of carbonyl (C=O) groups is 2. The maximum absolute atomic E-state index is 12.9. The smallest absolute Gasteiger partial charge is 0.338 e. The van der Waals surface area contributed by atoms with E-state index in [4.69, 9.17) is 9.47 Å². The maximum atomic E-state index is 12.9. The van der Waals surface area contributed by atoms with Gasteiger partial charge in [0.1, 0.15) is 6.61 Å². The van der Waals surface area contributed by atoms with E-state index in [2.05, 4.69) is 37.9 Å². The van der Waals surface area contributed by atoms with E-state index in [0.29, 0.717) is 23.0 Å². The summed E-state index contributed by atoms with van der Waals surface area (Å²) in [6.07, 6.45) is 0. The lowest BCUT2D eigenvalue weighted by molar-refractivity contribution is -0.141. The third-order valence-electron chi connectivity index (χ3n) is 5.09. The first-order valence-corrected chi connectivity index (χ1v) is 10.6. The number of methoxy groups -OCH3 is 1. The van der Waals surface area contributed by atoms with Crippen molar-refractivity contribution in [2.75, 3.05) is 20.3 Å². The third-order valence-corrected chi connectivity index (χ3v) is 6.15. The maximum Gasteiger partial charge on any atom is 0.338 e. The van der Waals surface area contributed by atoms with Crippen molar-refractivity contribution in [2.45, 2.75) is 51.3 Å². The molecule has 0 aliphatic carbocycles. The van der Waals surface area contributed by atoms with Crippen LogP contribution in [0.5, 0.6) is 0 Å². The first-order valence-electron chi connectivity index (χ1n) is 9.71. The highest BCUT2D eigenvalue weighted by Crippen LogP contribution is 2.43. The lowest BCUT2D eigenvalue weighted by atomic mass is 9.85. The Kier molecular flexibility index (Phi) is 6.19. The van der Waals surface area contributed by atoms with Gasteiger partial charge in [-0.2, -0.15) is 0 Å². The normalized spacial score (nSPS) is 21.9. The topological polar surface area (TPSA) is 68.2 Å². The van der Waals surface area contributed by atoms with Crippen LogP contribution in [0.25, 0.3) is 0 Å². The van der Waals surface area contributed by atoms with E-state index in [1.807, 2.05) is 19.1 Å². The van der Waals surface area contributed by atoms with Crippen LogP contribution in [0.1, 0.15) is 51.8 Å². The molecule has 2 heterocycles. The van der Waals surface area contributed by atoms with E-state index in [-0.39, 0.29) is 23.2 Å². The SMILES string of the molecule is COCCOC(=O)C1=C(C)N=C2S[C@@H](C)C(=O)N2[C@H]1c1ccc(C(C)(C)C)cc1. The number of ether oxygens (including phenoxy) is 2. The minimum atomic E-state index is -0.545. The van der Waals surface area contributed by atoms with Crippen LogP contribution in [0.4, 0.5) is 0 Å². The Hall–Kier alpha value is -2.12. The number of rotatable bonds is 5. The van der Waals surface area contributed by atoms with Crippen LogP contribution in [0.3, 0.4) is 0 Å².